The molecule has 1 aromatic rings. The molecule has 0 saturated heterocycles. The average Bonchev–Trinajstić information content (AvgIpc) is 2.70. The Morgan fingerprint density at radius 2 is 1.74 bits per heavy atom. The number of benzene rings is 1. The van der Waals surface area contributed by atoms with Crippen LogP contribution in [0, 0.1) is 5.92 Å². The van der Waals surface area contributed by atoms with Crippen molar-refractivity contribution in [3.05, 3.63) is 29.8 Å². The summed E-state index contributed by atoms with van der Waals surface area (Å²) in [5.74, 6) is 1.01. The van der Waals surface area contributed by atoms with E-state index in [4.69, 9.17) is 39.8 Å². The van der Waals surface area contributed by atoms with E-state index in [1.165, 1.54) is 0 Å². The summed E-state index contributed by atoms with van der Waals surface area (Å²) >= 11 is 5.47. The maximum atomic E-state index is 5.79. The van der Waals surface area contributed by atoms with Crippen molar-refractivity contribution in [1.29, 1.82) is 0 Å². The van der Waals surface area contributed by atoms with E-state index in [1.807, 2.05) is 31.2 Å². The molecule has 0 aromatic heterocycles. The standard InChI is InChI=1S/C18H32NO6PS/c1-6-23-13-15(2)14-25-26(27,22-5)19-11-12-24-17-9-7-16(8-10-17)18(20-3)21-4/h7-10,15,18H,6,11-14H2,1-5H3,(H,19,27). The monoisotopic (exact) mass is 421 g/mol. The third kappa shape index (κ3) is 9.45. The van der Waals surface area contributed by atoms with Crippen LogP contribution in [0.1, 0.15) is 25.7 Å². The Kier molecular flexibility index (Phi) is 12.3. The minimum absolute atomic E-state index is 0.252. The molecule has 2 unspecified atom stereocenters. The van der Waals surface area contributed by atoms with Crippen LogP contribution in [0.3, 0.4) is 0 Å². The van der Waals surface area contributed by atoms with Gasteiger partial charge in [-0.3, -0.25) is 0 Å². The molecule has 1 rings (SSSR count). The molecule has 0 saturated carbocycles. The molecular formula is C18H32NO6PS. The van der Waals surface area contributed by atoms with Crippen molar-refractivity contribution in [3.8, 4) is 5.75 Å². The molecule has 0 fully saturated rings. The summed E-state index contributed by atoms with van der Waals surface area (Å²) in [6.07, 6.45) is -0.379. The fraction of sp³-hybridized carbons (Fsp3) is 0.667. The molecule has 9 heteroatoms. The summed E-state index contributed by atoms with van der Waals surface area (Å²) in [6.45, 7) is 4.28. The van der Waals surface area contributed by atoms with Crippen LogP contribution < -0.4 is 9.82 Å². The SMILES string of the molecule is CCOCC(C)COP(=S)(NCCOc1ccc(C(OC)OC)cc1)OC. The first-order valence-corrected chi connectivity index (χ1v) is 11.5. The minimum Gasteiger partial charge on any atom is -0.492 e. The van der Waals surface area contributed by atoms with Gasteiger partial charge in [0.2, 0.25) is 0 Å². The van der Waals surface area contributed by atoms with Crippen LogP contribution in [0.25, 0.3) is 0 Å². The Bertz CT molecular complexity index is 555. The summed E-state index contributed by atoms with van der Waals surface area (Å²) in [5.41, 5.74) is 0.926. The van der Waals surface area contributed by atoms with Crippen molar-refractivity contribution >= 4 is 18.4 Å². The van der Waals surface area contributed by atoms with Gasteiger partial charge in [-0.1, -0.05) is 19.1 Å². The van der Waals surface area contributed by atoms with Gasteiger partial charge in [-0.15, -0.1) is 0 Å². The summed E-state index contributed by atoms with van der Waals surface area (Å²) in [7, 11) is 4.76. The maximum absolute atomic E-state index is 5.79. The van der Waals surface area contributed by atoms with Gasteiger partial charge in [-0.2, -0.15) is 0 Å². The van der Waals surface area contributed by atoms with E-state index in [0.717, 1.165) is 11.3 Å². The zero-order valence-corrected chi connectivity index (χ0v) is 18.5. The molecule has 0 amide bonds. The molecule has 156 valence electrons. The van der Waals surface area contributed by atoms with Crippen molar-refractivity contribution in [1.82, 2.24) is 5.09 Å². The van der Waals surface area contributed by atoms with E-state index in [2.05, 4.69) is 12.0 Å². The molecule has 0 aliphatic heterocycles. The fourth-order valence-electron chi connectivity index (χ4n) is 2.20. The number of methoxy groups -OCH3 is 2. The summed E-state index contributed by atoms with van der Waals surface area (Å²) in [5, 5.41) is 3.15. The van der Waals surface area contributed by atoms with Crippen LogP contribution >= 0.6 is 6.64 Å². The van der Waals surface area contributed by atoms with Crippen LogP contribution in [-0.2, 0) is 35.1 Å². The summed E-state index contributed by atoms with van der Waals surface area (Å²) in [6, 6.07) is 7.56. The molecule has 0 aliphatic carbocycles. The highest BCUT2D eigenvalue weighted by Gasteiger charge is 2.18. The molecule has 0 radical (unpaired) electrons. The van der Waals surface area contributed by atoms with E-state index >= 15 is 0 Å². The summed E-state index contributed by atoms with van der Waals surface area (Å²) < 4.78 is 32.7. The zero-order valence-electron chi connectivity index (χ0n) is 16.8. The molecule has 7 nitrogen and oxygen atoms in total. The second-order valence-corrected chi connectivity index (χ2v) is 9.25. The first kappa shape index (κ1) is 24.5. The number of nitrogens with one attached hydrogen (secondary N) is 1. The quantitative estimate of drug-likeness (QED) is 0.262. The lowest BCUT2D eigenvalue weighted by Crippen LogP contribution is -2.22. The molecule has 2 atom stereocenters. The number of hydrogen-bond acceptors (Lipinski definition) is 7. The molecule has 1 N–H and O–H groups in total. The van der Waals surface area contributed by atoms with Gasteiger partial charge in [0.25, 0.3) is 6.64 Å². The Morgan fingerprint density at radius 3 is 2.30 bits per heavy atom. The Hall–Kier alpha value is -0.570. The Morgan fingerprint density at radius 1 is 1.07 bits per heavy atom. The van der Waals surface area contributed by atoms with E-state index in [0.29, 0.717) is 33.0 Å². The summed E-state index contributed by atoms with van der Waals surface area (Å²) in [4.78, 5) is 0. The van der Waals surface area contributed by atoms with Crippen molar-refractivity contribution in [2.24, 2.45) is 5.92 Å². The Labute approximate surface area is 167 Å². The van der Waals surface area contributed by atoms with Crippen LogP contribution in [0.2, 0.25) is 0 Å². The van der Waals surface area contributed by atoms with Crippen molar-refractivity contribution in [2.45, 2.75) is 20.1 Å². The third-order valence-corrected chi connectivity index (χ3v) is 6.36. The lowest BCUT2D eigenvalue weighted by Gasteiger charge is -2.23. The predicted octanol–water partition coefficient (Wildman–Crippen LogP) is 3.51. The highest BCUT2D eigenvalue weighted by molar-refractivity contribution is 8.08. The lowest BCUT2D eigenvalue weighted by molar-refractivity contribution is -0.106. The van der Waals surface area contributed by atoms with Gasteiger partial charge in [0.1, 0.15) is 12.4 Å². The first-order valence-electron chi connectivity index (χ1n) is 8.89. The minimum atomic E-state index is -2.52. The molecular weight excluding hydrogens is 389 g/mol. The zero-order chi connectivity index (χ0) is 20.1. The average molecular weight is 421 g/mol. The van der Waals surface area contributed by atoms with Crippen molar-refractivity contribution in [3.63, 3.8) is 0 Å². The van der Waals surface area contributed by atoms with E-state index < -0.39 is 6.64 Å². The van der Waals surface area contributed by atoms with Crippen LogP contribution in [-0.4, -0.2) is 54.3 Å². The number of ether oxygens (including phenoxy) is 4. The molecule has 27 heavy (non-hydrogen) atoms. The van der Waals surface area contributed by atoms with Crippen molar-refractivity contribution < 1.29 is 28.0 Å². The topological polar surface area (TPSA) is 67.4 Å². The van der Waals surface area contributed by atoms with Crippen molar-refractivity contribution in [2.75, 3.05) is 54.3 Å². The van der Waals surface area contributed by atoms with Gasteiger partial charge in [0.05, 0.1) is 13.2 Å². The second-order valence-electron chi connectivity index (χ2n) is 5.87. The van der Waals surface area contributed by atoms with Gasteiger partial charge >= 0.3 is 0 Å². The number of rotatable bonds is 15. The van der Waals surface area contributed by atoms with E-state index in [9.17, 15) is 0 Å². The highest BCUT2D eigenvalue weighted by atomic mass is 32.5. The van der Waals surface area contributed by atoms with Crippen LogP contribution in [0.5, 0.6) is 5.75 Å². The molecule has 0 bridgehead atoms. The van der Waals surface area contributed by atoms with E-state index in [-0.39, 0.29) is 12.2 Å². The van der Waals surface area contributed by atoms with Gasteiger partial charge < -0.3 is 28.0 Å². The first-order chi connectivity index (χ1) is 13.0. The second kappa shape index (κ2) is 13.6. The smallest absolute Gasteiger partial charge is 0.261 e. The normalized spacial score (nSPS) is 14.9. The molecule has 1 aromatic carbocycles. The largest absolute Gasteiger partial charge is 0.492 e. The predicted molar refractivity (Wildman–Crippen MR) is 110 cm³/mol. The Balaban J connectivity index is 2.36. The van der Waals surface area contributed by atoms with Crippen LogP contribution in [0.4, 0.5) is 0 Å². The van der Waals surface area contributed by atoms with Gasteiger partial charge in [0, 0.05) is 46.0 Å². The molecule has 0 heterocycles. The van der Waals surface area contributed by atoms with Gasteiger partial charge in [0.15, 0.2) is 6.29 Å². The highest BCUT2D eigenvalue weighted by Crippen LogP contribution is 2.43. The van der Waals surface area contributed by atoms with E-state index in [1.54, 1.807) is 21.3 Å². The van der Waals surface area contributed by atoms with Gasteiger partial charge in [-0.25, -0.2) is 5.09 Å². The van der Waals surface area contributed by atoms with Crippen LogP contribution in [0.15, 0.2) is 24.3 Å². The number of hydrogen-bond donors (Lipinski definition) is 1. The van der Waals surface area contributed by atoms with Gasteiger partial charge in [-0.05, 0) is 30.9 Å². The fourth-order valence-corrected chi connectivity index (χ4v) is 3.79. The maximum Gasteiger partial charge on any atom is 0.261 e. The molecule has 0 aliphatic rings. The third-order valence-electron chi connectivity index (χ3n) is 3.63. The molecule has 0 spiro atoms. The lowest BCUT2D eigenvalue weighted by atomic mass is 10.2.